The molecule has 0 amide bonds. The van der Waals surface area contributed by atoms with E-state index in [0.717, 1.165) is 28.1 Å². The maximum atomic E-state index is 13.8. The number of ether oxygens (including phenoxy) is 1. The SMILES string of the molecule is COc1cc(Nc2cc(Cl)cn([C@@H](CO)c3cc(F)c(F)c(F)c3)c2=O)ccc1-n1cnc(C)c1. The lowest BCUT2D eigenvalue weighted by Gasteiger charge is -2.20. The van der Waals surface area contributed by atoms with Crippen LogP contribution in [0.4, 0.5) is 24.5 Å². The first-order valence-corrected chi connectivity index (χ1v) is 10.7. The molecule has 2 N–H and O–H groups in total. The van der Waals surface area contributed by atoms with Gasteiger partial charge in [0, 0.05) is 24.1 Å². The van der Waals surface area contributed by atoms with E-state index in [1.54, 1.807) is 29.1 Å². The van der Waals surface area contributed by atoms with Crippen LogP contribution in [0.5, 0.6) is 5.75 Å². The quantitative estimate of drug-likeness (QED) is 0.355. The summed E-state index contributed by atoms with van der Waals surface area (Å²) in [4.78, 5) is 17.4. The standard InChI is InChI=1S/C24H20ClF3N4O3/c1-13-9-31(12-29-13)20-4-3-16(8-22(20)35-2)30-19-7-15(25)10-32(24(19)34)21(11-33)14-5-17(26)23(28)18(27)6-14/h3-10,12,21,30,33H,11H2,1-2H3/t21-/m0/s1. The molecule has 0 spiro atoms. The molecular formula is C24H20ClF3N4O3. The van der Waals surface area contributed by atoms with E-state index in [9.17, 15) is 23.1 Å². The van der Waals surface area contributed by atoms with Crippen molar-refractivity contribution >= 4 is 23.0 Å². The molecule has 0 radical (unpaired) electrons. The Kier molecular flexibility index (Phi) is 6.86. The molecule has 182 valence electrons. The zero-order valence-electron chi connectivity index (χ0n) is 18.6. The maximum Gasteiger partial charge on any atom is 0.274 e. The average Bonchev–Trinajstić information content (AvgIpc) is 3.26. The molecule has 0 fully saturated rings. The second-order valence-electron chi connectivity index (χ2n) is 7.72. The topological polar surface area (TPSA) is 81.3 Å². The molecule has 0 aliphatic carbocycles. The molecule has 0 unspecified atom stereocenters. The zero-order valence-corrected chi connectivity index (χ0v) is 19.4. The van der Waals surface area contributed by atoms with Crippen LogP contribution in [0, 0.1) is 24.4 Å². The number of aryl methyl sites for hydroxylation is 1. The Labute approximate surface area is 203 Å². The van der Waals surface area contributed by atoms with E-state index in [4.69, 9.17) is 16.3 Å². The largest absolute Gasteiger partial charge is 0.494 e. The Morgan fingerprint density at radius 2 is 1.86 bits per heavy atom. The summed E-state index contributed by atoms with van der Waals surface area (Å²) in [5, 5.41) is 13.0. The fourth-order valence-corrected chi connectivity index (χ4v) is 3.90. The summed E-state index contributed by atoms with van der Waals surface area (Å²) in [6.45, 7) is 1.16. The number of aromatic nitrogens is 3. The molecule has 2 heterocycles. The Bertz CT molecular complexity index is 1430. The van der Waals surface area contributed by atoms with Crippen LogP contribution in [0.1, 0.15) is 17.3 Å². The number of methoxy groups -OCH3 is 1. The predicted molar refractivity (Wildman–Crippen MR) is 125 cm³/mol. The summed E-state index contributed by atoms with van der Waals surface area (Å²) in [7, 11) is 1.51. The second-order valence-corrected chi connectivity index (χ2v) is 8.15. The zero-order chi connectivity index (χ0) is 25.3. The molecular weight excluding hydrogens is 485 g/mol. The van der Waals surface area contributed by atoms with Gasteiger partial charge in [0.2, 0.25) is 0 Å². The van der Waals surface area contributed by atoms with Gasteiger partial charge >= 0.3 is 0 Å². The number of halogens is 4. The van der Waals surface area contributed by atoms with Crippen LogP contribution in [0.3, 0.4) is 0 Å². The van der Waals surface area contributed by atoms with Gasteiger partial charge in [-0.1, -0.05) is 11.6 Å². The van der Waals surface area contributed by atoms with Gasteiger partial charge in [-0.2, -0.15) is 0 Å². The van der Waals surface area contributed by atoms with E-state index in [2.05, 4.69) is 10.3 Å². The minimum atomic E-state index is -1.64. The summed E-state index contributed by atoms with van der Waals surface area (Å²) in [6.07, 6.45) is 4.70. The van der Waals surface area contributed by atoms with Crippen LogP contribution in [0.15, 0.2) is 59.9 Å². The third kappa shape index (κ3) is 4.89. The van der Waals surface area contributed by atoms with E-state index in [1.807, 2.05) is 13.1 Å². The highest BCUT2D eigenvalue weighted by Crippen LogP contribution is 2.29. The van der Waals surface area contributed by atoms with E-state index < -0.39 is 35.7 Å². The summed E-state index contributed by atoms with van der Waals surface area (Å²) >= 11 is 6.21. The highest BCUT2D eigenvalue weighted by Gasteiger charge is 2.21. The van der Waals surface area contributed by atoms with Crippen molar-refractivity contribution in [1.82, 2.24) is 14.1 Å². The van der Waals surface area contributed by atoms with Crippen LogP contribution >= 0.6 is 11.6 Å². The van der Waals surface area contributed by atoms with Gasteiger partial charge in [0.25, 0.3) is 5.56 Å². The lowest BCUT2D eigenvalue weighted by Crippen LogP contribution is -2.29. The molecule has 4 rings (SSSR count). The monoisotopic (exact) mass is 504 g/mol. The molecule has 11 heteroatoms. The number of nitrogens with one attached hydrogen (secondary N) is 1. The normalized spacial score (nSPS) is 12.0. The van der Waals surface area contributed by atoms with Gasteiger partial charge in [0.15, 0.2) is 17.5 Å². The van der Waals surface area contributed by atoms with E-state index >= 15 is 0 Å². The highest BCUT2D eigenvalue weighted by molar-refractivity contribution is 6.30. The molecule has 4 aromatic rings. The molecule has 7 nitrogen and oxygen atoms in total. The molecule has 2 aromatic carbocycles. The summed E-state index contributed by atoms with van der Waals surface area (Å²) < 4.78 is 49.3. The predicted octanol–water partition coefficient (Wildman–Crippen LogP) is 4.75. The summed E-state index contributed by atoms with van der Waals surface area (Å²) in [5.74, 6) is -4.02. The van der Waals surface area contributed by atoms with Crippen molar-refractivity contribution in [2.24, 2.45) is 0 Å². The third-order valence-electron chi connectivity index (χ3n) is 5.36. The molecule has 35 heavy (non-hydrogen) atoms. The number of aliphatic hydroxyl groups is 1. The average molecular weight is 505 g/mol. The number of anilines is 2. The lowest BCUT2D eigenvalue weighted by atomic mass is 10.1. The van der Waals surface area contributed by atoms with Crippen LogP contribution in [0.25, 0.3) is 5.69 Å². The van der Waals surface area contributed by atoms with Crippen molar-refractivity contribution in [3.63, 3.8) is 0 Å². The van der Waals surface area contributed by atoms with E-state index in [1.165, 1.54) is 19.4 Å². The van der Waals surface area contributed by atoms with Gasteiger partial charge in [-0.05, 0) is 42.8 Å². The smallest absolute Gasteiger partial charge is 0.274 e. The van der Waals surface area contributed by atoms with E-state index in [-0.39, 0.29) is 16.3 Å². The number of hydrogen-bond donors (Lipinski definition) is 2. The number of benzene rings is 2. The van der Waals surface area contributed by atoms with Crippen molar-refractivity contribution in [3.8, 4) is 11.4 Å². The minimum Gasteiger partial charge on any atom is -0.494 e. The fraction of sp³-hybridized carbons (Fsp3) is 0.167. The summed E-state index contributed by atoms with van der Waals surface area (Å²) in [5.41, 5.74) is 1.31. The highest BCUT2D eigenvalue weighted by atomic mass is 35.5. The Hall–Kier alpha value is -3.76. The van der Waals surface area contributed by atoms with Crippen molar-refractivity contribution in [2.75, 3.05) is 19.0 Å². The number of aliphatic hydroxyl groups excluding tert-OH is 1. The van der Waals surface area contributed by atoms with Crippen molar-refractivity contribution in [3.05, 3.63) is 99.2 Å². The first-order chi connectivity index (χ1) is 16.7. The first-order valence-electron chi connectivity index (χ1n) is 10.3. The Balaban J connectivity index is 1.72. The number of rotatable bonds is 7. The van der Waals surface area contributed by atoms with Crippen LogP contribution in [0.2, 0.25) is 5.02 Å². The van der Waals surface area contributed by atoms with Crippen LogP contribution in [-0.2, 0) is 0 Å². The summed E-state index contributed by atoms with van der Waals surface area (Å²) in [6, 6.07) is 6.76. The van der Waals surface area contributed by atoms with Gasteiger partial charge in [-0.25, -0.2) is 18.2 Å². The Morgan fingerprint density at radius 1 is 1.14 bits per heavy atom. The van der Waals surface area contributed by atoms with Crippen LogP contribution in [-0.4, -0.2) is 32.9 Å². The van der Waals surface area contributed by atoms with Gasteiger partial charge in [-0.3, -0.25) is 4.79 Å². The third-order valence-corrected chi connectivity index (χ3v) is 5.56. The Morgan fingerprint density at radius 3 is 2.46 bits per heavy atom. The van der Waals surface area contributed by atoms with Gasteiger partial charge in [0.05, 0.1) is 42.5 Å². The van der Waals surface area contributed by atoms with Crippen molar-refractivity contribution in [1.29, 1.82) is 0 Å². The molecule has 0 aliphatic heterocycles. The minimum absolute atomic E-state index is 0.0345. The molecule has 0 saturated carbocycles. The van der Waals surface area contributed by atoms with Crippen molar-refractivity contribution in [2.45, 2.75) is 13.0 Å². The number of hydrogen-bond acceptors (Lipinski definition) is 5. The first kappa shape index (κ1) is 24.4. The molecule has 1 atom stereocenters. The van der Waals surface area contributed by atoms with Gasteiger partial charge < -0.3 is 24.3 Å². The van der Waals surface area contributed by atoms with Crippen molar-refractivity contribution < 1.29 is 23.0 Å². The second kappa shape index (κ2) is 9.85. The lowest BCUT2D eigenvalue weighted by molar-refractivity contribution is 0.246. The molecule has 0 aliphatic rings. The number of nitrogens with zero attached hydrogens (tertiary/aromatic N) is 3. The molecule has 2 aromatic heterocycles. The number of imidazole rings is 1. The van der Waals surface area contributed by atoms with E-state index in [0.29, 0.717) is 11.4 Å². The fourth-order valence-electron chi connectivity index (χ4n) is 3.69. The molecule has 0 saturated heterocycles. The van der Waals surface area contributed by atoms with Gasteiger partial charge in [0.1, 0.15) is 11.4 Å². The van der Waals surface area contributed by atoms with Gasteiger partial charge in [-0.15, -0.1) is 0 Å². The van der Waals surface area contributed by atoms with Crippen LogP contribution < -0.4 is 15.6 Å². The number of pyridine rings is 1. The maximum absolute atomic E-state index is 13.8. The molecule has 0 bridgehead atoms.